The summed E-state index contributed by atoms with van der Waals surface area (Å²) in [7, 11) is 0. The Morgan fingerprint density at radius 2 is 1.07 bits per heavy atom. The first-order valence-corrected chi connectivity index (χ1v) is 9.61. The number of carbonyl (C=O) groups is 2. The van der Waals surface area contributed by atoms with E-state index in [4.69, 9.17) is 28.4 Å². The van der Waals surface area contributed by atoms with Gasteiger partial charge in [0.2, 0.25) is 12.6 Å². The van der Waals surface area contributed by atoms with Crippen LogP contribution < -0.4 is 9.47 Å². The summed E-state index contributed by atoms with van der Waals surface area (Å²) in [6.07, 6.45) is 0.238. The molecule has 160 valence electrons. The highest BCUT2D eigenvalue weighted by Crippen LogP contribution is 2.15. The van der Waals surface area contributed by atoms with Crippen LogP contribution in [0.2, 0.25) is 0 Å². The van der Waals surface area contributed by atoms with Crippen LogP contribution in [-0.2, 0) is 18.9 Å². The highest BCUT2D eigenvalue weighted by molar-refractivity contribution is 5.75. The van der Waals surface area contributed by atoms with Crippen LogP contribution in [0.5, 0.6) is 11.5 Å². The number of carbonyl (C=O) groups excluding carboxylic acids is 2. The summed E-state index contributed by atoms with van der Waals surface area (Å²) in [4.78, 5) is 21.3. The maximum absolute atomic E-state index is 10.7. The number of benzene rings is 2. The second kappa shape index (κ2) is 12.0. The topological polar surface area (TPSA) is 89.5 Å². The summed E-state index contributed by atoms with van der Waals surface area (Å²) >= 11 is 0. The molecule has 2 aromatic carbocycles. The Kier molecular flexibility index (Phi) is 8.80. The Hall–Kier alpha value is -2.78. The normalized spacial score (nSPS) is 18.5. The molecule has 0 bridgehead atoms. The fourth-order valence-corrected chi connectivity index (χ4v) is 2.67. The van der Waals surface area contributed by atoms with Gasteiger partial charge in [-0.1, -0.05) is 0 Å². The van der Waals surface area contributed by atoms with Gasteiger partial charge in [-0.05, 0) is 48.5 Å². The van der Waals surface area contributed by atoms with Gasteiger partial charge < -0.3 is 28.4 Å². The molecule has 8 heteroatoms. The van der Waals surface area contributed by atoms with E-state index in [0.29, 0.717) is 49.1 Å². The Morgan fingerprint density at radius 3 is 1.43 bits per heavy atom. The first-order chi connectivity index (χ1) is 14.8. The van der Waals surface area contributed by atoms with Crippen LogP contribution in [0.4, 0.5) is 0 Å². The van der Waals surface area contributed by atoms with Crippen LogP contribution in [0, 0.1) is 0 Å². The lowest BCUT2D eigenvalue weighted by Crippen LogP contribution is -2.43. The van der Waals surface area contributed by atoms with E-state index < -0.39 is 12.6 Å². The molecule has 0 radical (unpaired) electrons. The molecule has 1 heterocycles. The van der Waals surface area contributed by atoms with Gasteiger partial charge in [-0.3, -0.25) is 9.59 Å². The summed E-state index contributed by atoms with van der Waals surface area (Å²) in [6.45, 7) is 2.02. The molecule has 2 atom stereocenters. The van der Waals surface area contributed by atoms with Gasteiger partial charge in [-0.15, -0.1) is 0 Å². The molecule has 1 aliphatic heterocycles. The third-order valence-corrected chi connectivity index (χ3v) is 4.17. The van der Waals surface area contributed by atoms with Crippen molar-refractivity contribution in [3.8, 4) is 11.5 Å². The molecule has 8 nitrogen and oxygen atoms in total. The van der Waals surface area contributed by atoms with Crippen LogP contribution >= 0.6 is 0 Å². The van der Waals surface area contributed by atoms with E-state index in [1.165, 1.54) is 0 Å². The molecule has 1 fully saturated rings. The van der Waals surface area contributed by atoms with Crippen LogP contribution in [0.1, 0.15) is 20.7 Å². The lowest BCUT2D eigenvalue weighted by molar-refractivity contribution is -0.321. The van der Waals surface area contributed by atoms with Crippen LogP contribution in [0.15, 0.2) is 48.5 Å². The van der Waals surface area contributed by atoms with Crippen LogP contribution in [0.25, 0.3) is 0 Å². The van der Waals surface area contributed by atoms with Crippen molar-refractivity contribution in [3.05, 3.63) is 59.7 Å². The molecule has 30 heavy (non-hydrogen) atoms. The van der Waals surface area contributed by atoms with Gasteiger partial charge in [0.05, 0.1) is 26.4 Å². The number of aldehydes is 2. The van der Waals surface area contributed by atoms with E-state index in [9.17, 15) is 9.59 Å². The third-order valence-electron chi connectivity index (χ3n) is 4.17. The van der Waals surface area contributed by atoms with E-state index in [-0.39, 0.29) is 13.2 Å². The van der Waals surface area contributed by atoms with Crippen molar-refractivity contribution in [1.82, 2.24) is 0 Å². The zero-order valence-electron chi connectivity index (χ0n) is 16.4. The Labute approximate surface area is 174 Å². The van der Waals surface area contributed by atoms with Gasteiger partial charge in [-0.25, -0.2) is 0 Å². The maximum Gasteiger partial charge on any atom is 0.209 e. The minimum absolute atomic E-state index is 0.281. The highest BCUT2D eigenvalue weighted by atomic mass is 16.8. The average Bonchev–Trinajstić information content (AvgIpc) is 2.81. The van der Waals surface area contributed by atoms with Crippen molar-refractivity contribution in [2.24, 2.45) is 0 Å². The quantitative estimate of drug-likeness (QED) is 0.385. The van der Waals surface area contributed by atoms with E-state index in [0.717, 1.165) is 12.6 Å². The number of ether oxygens (including phenoxy) is 6. The van der Waals surface area contributed by atoms with Crippen molar-refractivity contribution >= 4 is 12.6 Å². The molecule has 2 aromatic rings. The maximum atomic E-state index is 10.7. The fraction of sp³-hybridized carbons (Fsp3) is 0.364. The number of rotatable bonds is 12. The first kappa shape index (κ1) is 21.9. The second-order valence-electron chi connectivity index (χ2n) is 6.29. The lowest BCUT2D eigenvalue weighted by Gasteiger charge is -2.31. The highest BCUT2D eigenvalue weighted by Gasteiger charge is 2.28. The van der Waals surface area contributed by atoms with Crippen molar-refractivity contribution in [3.63, 3.8) is 0 Å². The van der Waals surface area contributed by atoms with Crippen LogP contribution in [-0.4, -0.2) is 64.8 Å². The standard InChI is InChI=1S/C22H24O8/c23-15-17-1-5-19(6-2-17)25-9-11-27-21-22(30-14-13-29-21)28-12-10-26-20-7-3-18(16-24)4-8-20/h1-8,15-16,21-22H,9-14H2/t21-,22-/m0/s1. The molecule has 0 aliphatic carbocycles. The Bertz CT molecular complexity index is 707. The van der Waals surface area contributed by atoms with E-state index in [1.807, 2.05) is 0 Å². The summed E-state index contributed by atoms with van der Waals surface area (Å²) < 4.78 is 33.7. The van der Waals surface area contributed by atoms with E-state index >= 15 is 0 Å². The van der Waals surface area contributed by atoms with Gasteiger partial charge in [-0.2, -0.15) is 0 Å². The number of hydrogen-bond donors (Lipinski definition) is 0. The van der Waals surface area contributed by atoms with E-state index in [1.54, 1.807) is 48.5 Å². The first-order valence-electron chi connectivity index (χ1n) is 9.61. The zero-order valence-corrected chi connectivity index (χ0v) is 16.4. The second-order valence-corrected chi connectivity index (χ2v) is 6.29. The summed E-state index contributed by atoms with van der Waals surface area (Å²) in [6, 6.07) is 13.6. The predicted molar refractivity (Wildman–Crippen MR) is 106 cm³/mol. The van der Waals surface area contributed by atoms with Crippen LogP contribution in [0.3, 0.4) is 0 Å². The molecule has 1 saturated heterocycles. The van der Waals surface area contributed by atoms with Crippen molar-refractivity contribution in [1.29, 1.82) is 0 Å². The lowest BCUT2D eigenvalue weighted by atomic mass is 10.2. The van der Waals surface area contributed by atoms with Gasteiger partial charge in [0.15, 0.2) is 0 Å². The molecule has 0 aromatic heterocycles. The number of hydrogen-bond acceptors (Lipinski definition) is 8. The minimum atomic E-state index is -0.660. The zero-order chi connectivity index (χ0) is 21.0. The summed E-state index contributed by atoms with van der Waals surface area (Å²) in [5, 5.41) is 0. The summed E-state index contributed by atoms with van der Waals surface area (Å²) in [5.41, 5.74) is 1.18. The molecule has 0 spiro atoms. The van der Waals surface area contributed by atoms with Crippen molar-refractivity contribution in [2.75, 3.05) is 39.6 Å². The SMILES string of the molecule is O=Cc1ccc(OCCO[C@H]2OCCO[C@@H]2OCCOc2ccc(C=O)cc2)cc1. The largest absolute Gasteiger partial charge is 0.491 e. The Morgan fingerprint density at radius 1 is 0.667 bits per heavy atom. The average molecular weight is 416 g/mol. The molecular weight excluding hydrogens is 392 g/mol. The predicted octanol–water partition coefficient (Wildman–Crippen LogP) is 2.50. The molecule has 0 N–H and O–H groups in total. The van der Waals surface area contributed by atoms with Crippen molar-refractivity contribution < 1.29 is 38.0 Å². The fourth-order valence-electron chi connectivity index (χ4n) is 2.67. The van der Waals surface area contributed by atoms with Gasteiger partial charge in [0.1, 0.15) is 37.3 Å². The monoisotopic (exact) mass is 416 g/mol. The molecule has 3 rings (SSSR count). The minimum Gasteiger partial charge on any atom is -0.491 e. The Balaban J connectivity index is 1.34. The third kappa shape index (κ3) is 6.93. The molecule has 0 saturated carbocycles. The molecule has 0 amide bonds. The molecule has 0 unspecified atom stereocenters. The van der Waals surface area contributed by atoms with Crippen molar-refractivity contribution in [2.45, 2.75) is 12.6 Å². The summed E-state index contributed by atoms with van der Waals surface area (Å²) in [5.74, 6) is 1.30. The molecule has 1 aliphatic rings. The van der Waals surface area contributed by atoms with Gasteiger partial charge in [0.25, 0.3) is 0 Å². The molecular formula is C22H24O8. The van der Waals surface area contributed by atoms with Gasteiger partial charge in [0, 0.05) is 11.1 Å². The smallest absolute Gasteiger partial charge is 0.209 e. The van der Waals surface area contributed by atoms with Gasteiger partial charge >= 0.3 is 0 Å². The van der Waals surface area contributed by atoms with E-state index in [2.05, 4.69) is 0 Å².